The van der Waals surface area contributed by atoms with Crippen LogP contribution >= 0.6 is 0 Å². The van der Waals surface area contributed by atoms with Gasteiger partial charge < -0.3 is 29.8 Å². The topological polar surface area (TPSA) is 140 Å². The van der Waals surface area contributed by atoms with Crippen molar-refractivity contribution in [2.75, 3.05) is 34.3 Å². The molecule has 0 spiro atoms. The summed E-state index contributed by atoms with van der Waals surface area (Å²) in [4.78, 5) is 61.2. The fourth-order valence-corrected chi connectivity index (χ4v) is 7.57. The lowest BCUT2D eigenvalue weighted by atomic mass is 10.0. The lowest BCUT2D eigenvalue weighted by Gasteiger charge is -2.33. The van der Waals surface area contributed by atoms with Gasteiger partial charge in [0, 0.05) is 24.2 Å². The number of ether oxygens (including phenoxy) is 1. The molecule has 4 unspecified atom stereocenters. The molecule has 3 N–H and O–H groups in total. The number of aromatic amines is 2. The maximum atomic E-state index is 13.6. The van der Waals surface area contributed by atoms with Crippen LogP contribution < -0.4 is 5.32 Å². The molecule has 0 saturated carbocycles. The standard InChI is InChI=1S/C40H50N8O4/c1-24(2)34(45-40(51)52-7)38(49)47-20-8-10-32(47)36-41-23-31(44-36)28-17-14-26(15-18-28)12-13-27-16-19-29-30(22-27)43-37(42-29)33-11-9-21-48(33)39(50)35(25(3)4)46(5)6/h14-19,22-25,32-35H,8-11,20-21H2,1-7H3,(H,41,44)(H,42,43)(H,45,51). The van der Waals surface area contributed by atoms with Crippen LogP contribution in [0.25, 0.3) is 22.3 Å². The van der Waals surface area contributed by atoms with Crippen molar-refractivity contribution >= 4 is 28.9 Å². The maximum Gasteiger partial charge on any atom is 0.407 e. The zero-order valence-electron chi connectivity index (χ0n) is 31.2. The van der Waals surface area contributed by atoms with Gasteiger partial charge in [0.2, 0.25) is 11.8 Å². The van der Waals surface area contributed by atoms with Crippen molar-refractivity contribution in [3.8, 4) is 23.1 Å². The molecule has 4 aromatic rings. The first-order valence-electron chi connectivity index (χ1n) is 18.2. The van der Waals surface area contributed by atoms with Crippen molar-refractivity contribution in [2.24, 2.45) is 11.8 Å². The molecule has 2 saturated heterocycles. The number of alkyl carbamates (subject to hydrolysis) is 1. The van der Waals surface area contributed by atoms with Gasteiger partial charge in [-0.05, 0) is 87.5 Å². The number of carbonyl (C=O) groups excluding carboxylic acids is 3. The van der Waals surface area contributed by atoms with E-state index in [-0.39, 0.29) is 41.8 Å². The second-order valence-corrected chi connectivity index (χ2v) is 14.8. The number of fused-ring (bicyclic) bond motifs is 1. The summed E-state index contributed by atoms with van der Waals surface area (Å²) >= 11 is 0. The number of methoxy groups -OCH3 is 1. The summed E-state index contributed by atoms with van der Waals surface area (Å²) in [6, 6.07) is 12.8. The van der Waals surface area contributed by atoms with E-state index in [1.807, 2.05) is 85.1 Å². The Bertz CT molecular complexity index is 1960. The molecular weight excluding hydrogens is 656 g/mol. The number of aromatic nitrogens is 4. The molecule has 6 rings (SSSR count). The maximum absolute atomic E-state index is 13.6. The third-order valence-corrected chi connectivity index (χ3v) is 10.2. The summed E-state index contributed by atoms with van der Waals surface area (Å²) in [6.45, 7) is 9.33. The fourth-order valence-electron chi connectivity index (χ4n) is 7.57. The highest BCUT2D eigenvalue weighted by molar-refractivity contribution is 5.86. The zero-order valence-corrected chi connectivity index (χ0v) is 31.2. The van der Waals surface area contributed by atoms with Crippen LogP contribution in [-0.2, 0) is 14.3 Å². The minimum absolute atomic E-state index is 0.0627. The number of rotatable bonds is 9. The van der Waals surface area contributed by atoms with Gasteiger partial charge in [-0.15, -0.1) is 0 Å². The molecule has 0 radical (unpaired) electrons. The molecule has 274 valence electrons. The molecule has 2 aliphatic heterocycles. The minimum atomic E-state index is -0.680. The SMILES string of the molecule is COC(=O)NC(C(=O)N1CCCC1c1ncc(-c2ccc(C#Cc3ccc4nc(C5CCCN5C(=O)C(C(C)C)N(C)C)[nH]c4c3)cc2)[nH]1)C(C)C. The van der Waals surface area contributed by atoms with E-state index in [9.17, 15) is 14.4 Å². The number of hydrogen-bond acceptors (Lipinski definition) is 7. The summed E-state index contributed by atoms with van der Waals surface area (Å²) in [7, 11) is 5.23. The number of nitrogens with zero attached hydrogens (tertiary/aromatic N) is 5. The molecule has 12 heteroatoms. The highest BCUT2D eigenvalue weighted by Gasteiger charge is 2.39. The molecule has 4 heterocycles. The van der Waals surface area contributed by atoms with E-state index in [4.69, 9.17) is 9.72 Å². The number of imidazole rings is 2. The molecule has 2 aromatic heterocycles. The Morgan fingerprint density at radius 2 is 1.50 bits per heavy atom. The first-order chi connectivity index (χ1) is 24.9. The van der Waals surface area contributed by atoms with E-state index >= 15 is 0 Å². The van der Waals surface area contributed by atoms with Gasteiger partial charge in [-0.1, -0.05) is 51.7 Å². The molecule has 2 fully saturated rings. The predicted octanol–water partition coefficient (Wildman–Crippen LogP) is 5.65. The van der Waals surface area contributed by atoms with Crippen molar-refractivity contribution in [3.05, 3.63) is 71.4 Å². The Balaban J connectivity index is 1.13. The smallest absolute Gasteiger partial charge is 0.407 e. The van der Waals surface area contributed by atoms with E-state index < -0.39 is 12.1 Å². The van der Waals surface area contributed by atoms with Crippen LogP contribution in [0.1, 0.15) is 88.2 Å². The van der Waals surface area contributed by atoms with Gasteiger partial charge in [-0.25, -0.2) is 14.8 Å². The lowest BCUT2D eigenvalue weighted by Crippen LogP contribution is -2.51. The molecule has 3 amide bonds. The number of nitrogens with one attached hydrogen (secondary N) is 3. The summed E-state index contributed by atoms with van der Waals surface area (Å²) in [6.07, 6.45) is 4.66. The monoisotopic (exact) mass is 706 g/mol. The average Bonchev–Trinajstić information content (AvgIpc) is 3.94. The highest BCUT2D eigenvalue weighted by Crippen LogP contribution is 2.34. The first-order valence-corrected chi connectivity index (χ1v) is 18.2. The first kappa shape index (κ1) is 36.6. The van der Waals surface area contributed by atoms with E-state index in [0.29, 0.717) is 6.54 Å². The van der Waals surface area contributed by atoms with Crippen LogP contribution in [0.5, 0.6) is 0 Å². The molecule has 2 aliphatic rings. The van der Waals surface area contributed by atoms with E-state index in [1.54, 1.807) is 6.20 Å². The van der Waals surface area contributed by atoms with Gasteiger partial charge in [-0.3, -0.25) is 14.5 Å². The van der Waals surface area contributed by atoms with Crippen molar-refractivity contribution < 1.29 is 19.1 Å². The molecule has 52 heavy (non-hydrogen) atoms. The van der Waals surface area contributed by atoms with Crippen molar-refractivity contribution in [1.29, 1.82) is 0 Å². The number of likely N-dealkylation sites (tertiary alicyclic amines) is 2. The van der Waals surface area contributed by atoms with Gasteiger partial charge in [0.25, 0.3) is 0 Å². The highest BCUT2D eigenvalue weighted by atomic mass is 16.5. The van der Waals surface area contributed by atoms with E-state index in [2.05, 4.69) is 46.0 Å². The Morgan fingerprint density at radius 1 is 0.865 bits per heavy atom. The lowest BCUT2D eigenvalue weighted by molar-refractivity contribution is -0.138. The Kier molecular flexibility index (Phi) is 11.0. The third-order valence-electron chi connectivity index (χ3n) is 10.2. The number of amides is 3. The van der Waals surface area contributed by atoms with Gasteiger partial charge in [0.05, 0.1) is 48.2 Å². The summed E-state index contributed by atoms with van der Waals surface area (Å²) < 4.78 is 4.75. The van der Waals surface area contributed by atoms with Crippen LogP contribution in [0.2, 0.25) is 0 Å². The van der Waals surface area contributed by atoms with Crippen LogP contribution in [0.4, 0.5) is 4.79 Å². The Labute approximate surface area is 305 Å². The quantitative estimate of drug-likeness (QED) is 0.191. The van der Waals surface area contributed by atoms with Crippen molar-refractivity contribution in [1.82, 2.24) is 40.0 Å². The van der Waals surface area contributed by atoms with Crippen molar-refractivity contribution in [3.63, 3.8) is 0 Å². The fraction of sp³-hybridized carbons (Fsp3) is 0.475. The molecule has 4 atom stereocenters. The van der Waals surface area contributed by atoms with Gasteiger partial charge >= 0.3 is 6.09 Å². The van der Waals surface area contributed by atoms with Crippen LogP contribution in [0.15, 0.2) is 48.7 Å². The Hall–Kier alpha value is -5.15. The van der Waals surface area contributed by atoms with Gasteiger partial charge in [0.1, 0.15) is 17.7 Å². The normalized spacial score (nSPS) is 18.6. The van der Waals surface area contributed by atoms with Crippen LogP contribution in [-0.4, -0.2) is 98.9 Å². The Morgan fingerprint density at radius 3 is 2.13 bits per heavy atom. The molecule has 0 aliphatic carbocycles. The molecular formula is C40H50N8O4. The number of carbonyl (C=O) groups is 3. The van der Waals surface area contributed by atoms with Crippen LogP contribution in [0.3, 0.4) is 0 Å². The average molecular weight is 707 g/mol. The predicted molar refractivity (Wildman–Crippen MR) is 200 cm³/mol. The summed E-state index contributed by atoms with van der Waals surface area (Å²) in [5, 5.41) is 2.69. The molecule has 0 bridgehead atoms. The number of hydrogen-bond donors (Lipinski definition) is 3. The summed E-state index contributed by atoms with van der Waals surface area (Å²) in [5.74, 6) is 8.25. The van der Waals surface area contributed by atoms with Gasteiger partial charge in [-0.2, -0.15) is 0 Å². The third kappa shape index (κ3) is 7.70. The number of likely N-dealkylation sites (N-methyl/N-ethyl adjacent to an activating group) is 1. The minimum Gasteiger partial charge on any atom is -0.453 e. The zero-order chi connectivity index (χ0) is 37.1. The second-order valence-electron chi connectivity index (χ2n) is 14.8. The van der Waals surface area contributed by atoms with Crippen LogP contribution in [0, 0.1) is 23.7 Å². The second kappa shape index (κ2) is 15.6. The van der Waals surface area contributed by atoms with E-state index in [0.717, 1.165) is 77.3 Å². The van der Waals surface area contributed by atoms with Gasteiger partial charge in [0.15, 0.2) is 0 Å². The largest absolute Gasteiger partial charge is 0.453 e. The number of H-pyrrole nitrogens is 2. The molecule has 12 nitrogen and oxygen atoms in total. The number of benzene rings is 2. The van der Waals surface area contributed by atoms with Crippen molar-refractivity contribution in [2.45, 2.75) is 77.5 Å². The summed E-state index contributed by atoms with van der Waals surface area (Å²) in [5.41, 5.74) is 5.32. The molecule has 2 aromatic carbocycles. The van der Waals surface area contributed by atoms with E-state index in [1.165, 1.54) is 7.11 Å².